The van der Waals surface area contributed by atoms with Crippen molar-refractivity contribution in [2.75, 3.05) is 0 Å². The van der Waals surface area contributed by atoms with Crippen LogP contribution in [0.5, 0.6) is 0 Å². The SMILES string of the molecule is CC(C)CCCC(O)CCC(C)C. The lowest BCUT2D eigenvalue weighted by Gasteiger charge is -2.12. The van der Waals surface area contributed by atoms with E-state index in [1.165, 1.54) is 12.8 Å². The highest BCUT2D eigenvalue weighted by Gasteiger charge is 2.05. The van der Waals surface area contributed by atoms with Crippen LogP contribution in [0.2, 0.25) is 0 Å². The largest absolute Gasteiger partial charge is 0.393 e. The zero-order valence-corrected chi connectivity index (χ0v) is 9.71. The smallest absolute Gasteiger partial charge is 0.0540 e. The van der Waals surface area contributed by atoms with Gasteiger partial charge in [0.25, 0.3) is 0 Å². The number of aliphatic hydroxyl groups excluding tert-OH is 1. The summed E-state index contributed by atoms with van der Waals surface area (Å²) in [6.07, 6.45) is 5.50. The van der Waals surface area contributed by atoms with Crippen LogP contribution < -0.4 is 0 Å². The highest BCUT2D eigenvalue weighted by atomic mass is 16.3. The van der Waals surface area contributed by atoms with Crippen LogP contribution in [0.4, 0.5) is 0 Å². The summed E-state index contributed by atoms with van der Waals surface area (Å²) in [6.45, 7) is 8.89. The maximum absolute atomic E-state index is 9.61. The van der Waals surface area contributed by atoms with Crippen molar-refractivity contribution in [3.8, 4) is 0 Å². The van der Waals surface area contributed by atoms with Gasteiger partial charge in [0.15, 0.2) is 0 Å². The van der Waals surface area contributed by atoms with E-state index in [9.17, 15) is 5.11 Å². The van der Waals surface area contributed by atoms with E-state index in [0.29, 0.717) is 0 Å². The van der Waals surface area contributed by atoms with E-state index >= 15 is 0 Å². The van der Waals surface area contributed by atoms with Crippen LogP contribution in [-0.2, 0) is 0 Å². The van der Waals surface area contributed by atoms with Gasteiger partial charge in [-0.1, -0.05) is 40.5 Å². The monoisotopic (exact) mass is 186 g/mol. The first-order valence-electron chi connectivity index (χ1n) is 5.70. The van der Waals surface area contributed by atoms with E-state index in [4.69, 9.17) is 0 Å². The molecule has 0 aliphatic heterocycles. The summed E-state index contributed by atoms with van der Waals surface area (Å²) < 4.78 is 0. The molecule has 0 spiro atoms. The molecule has 0 rings (SSSR count). The molecule has 0 bridgehead atoms. The zero-order valence-electron chi connectivity index (χ0n) is 9.71. The van der Waals surface area contributed by atoms with Crippen LogP contribution in [0.3, 0.4) is 0 Å². The molecular formula is C12H26O. The van der Waals surface area contributed by atoms with E-state index < -0.39 is 0 Å². The van der Waals surface area contributed by atoms with Crippen molar-refractivity contribution in [1.82, 2.24) is 0 Å². The second kappa shape index (κ2) is 7.37. The Kier molecular flexibility index (Phi) is 7.35. The third-order valence-corrected chi connectivity index (χ3v) is 2.40. The first kappa shape index (κ1) is 13.0. The molecular weight excluding hydrogens is 160 g/mol. The van der Waals surface area contributed by atoms with Gasteiger partial charge in [0.1, 0.15) is 0 Å². The summed E-state index contributed by atoms with van der Waals surface area (Å²) in [4.78, 5) is 0. The van der Waals surface area contributed by atoms with Crippen molar-refractivity contribution >= 4 is 0 Å². The number of hydrogen-bond acceptors (Lipinski definition) is 1. The summed E-state index contributed by atoms with van der Waals surface area (Å²) in [5, 5.41) is 9.61. The number of hydrogen-bond donors (Lipinski definition) is 1. The van der Waals surface area contributed by atoms with Crippen molar-refractivity contribution in [3.63, 3.8) is 0 Å². The molecule has 0 aliphatic rings. The fourth-order valence-electron chi connectivity index (χ4n) is 1.43. The molecule has 1 unspecified atom stereocenters. The summed E-state index contributed by atoms with van der Waals surface area (Å²) in [5.41, 5.74) is 0. The van der Waals surface area contributed by atoms with Gasteiger partial charge in [-0.2, -0.15) is 0 Å². The van der Waals surface area contributed by atoms with Crippen LogP contribution in [-0.4, -0.2) is 11.2 Å². The van der Waals surface area contributed by atoms with E-state index in [1.807, 2.05) is 0 Å². The Hall–Kier alpha value is -0.0400. The summed E-state index contributed by atoms with van der Waals surface area (Å²) >= 11 is 0. The number of rotatable bonds is 7. The predicted molar refractivity (Wildman–Crippen MR) is 58.8 cm³/mol. The second-order valence-electron chi connectivity index (χ2n) is 4.95. The average Bonchev–Trinajstić information content (AvgIpc) is 2.00. The molecule has 0 aromatic heterocycles. The Labute approximate surface area is 83.5 Å². The minimum atomic E-state index is -0.0545. The van der Waals surface area contributed by atoms with Crippen molar-refractivity contribution in [2.24, 2.45) is 11.8 Å². The third kappa shape index (κ3) is 9.88. The molecule has 1 atom stereocenters. The van der Waals surface area contributed by atoms with Gasteiger partial charge >= 0.3 is 0 Å². The van der Waals surface area contributed by atoms with Gasteiger partial charge in [0.2, 0.25) is 0 Å². The first-order valence-corrected chi connectivity index (χ1v) is 5.70. The minimum Gasteiger partial charge on any atom is -0.393 e. The van der Waals surface area contributed by atoms with Gasteiger partial charge in [0.05, 0.1) is 6.10 Å². The molecule has 0 aromatic carbocycles. The lowest BCUT2D eigenvalue weighted by molar-refractivity contribution is 0.142. The Bertz CT molecular complexity index is 108. The van der Waals surface area contributed by atoms with Crippen LogP contribution >= 0.6 is 0 Å². The summed E-state index contributed by atoms with van der Waals surface area (Å²) in [5.74, 6) is 1.50. The molecule has 0 saturated carbocycles. The molecule has 0 amide bonds. The summed E-state index contributed by atoms with van der Waals surface area (Å²) in [6, 6.07) is 0. The van der Waals surface area contributed by atoms with Crippen LogP contribution in [0.25, 0.3) is 0 Å². The van der Waals surface area contributed by atoms with Crippen molar-refractivity contribution in [2.45, 2.75) is 65.9 Å². The van der Waals surface area contributed by atoms with Crippen LogP contribution in [0, 0.1) is 11.8 Å². The zero-order chi connectivity index (χ0) is 10.3. The van der Waals surface area contributed by atoms with Gasteiger partial charge in [-0.3, -0.25) is 0 Å². The van der Waals surface area contributed by atoms with Crippen molar-refractivity contribution in [1.29, 1.82) is 0 Å². The molecule has 0 aliphatic carbocycles. The van der Waals surface area contributed by atoms with Gasteiger partial charge in [-0.15, -0.1) is 0 Å². The van der Waals surface area contributed by atoms with Gasteiger partial charge < -0.3 is 5.11 Å². The summed E-state index contributed by atoms with van der Waals surface area (Å²) in [7, 11) is 0. The van der Waals surface area contributed by atoms with Crippen LogP contribution in [0.1, 0.15) is 59.8 Å². The van der Waals surface area contributed by atoms with E-state index in [1.54, 1.807) is 0 Å². The molecule has 1 heteroatoms. The fraction of sp³-hybridized carbons (Fsp3) is 1.00. The molecule has 80 valence electrons. The molecule has 0 heterocycles. The molecule has 1 N–H and O–H groups in total. The maximum atomic E-state index is 9.61. The normalized spacial score (nSPS) is 14.1. The van der Waals surface area contributed by atoms with Gasteiger partial charge in [0, 0.05) is 0 Å². The van der Waals surface area contributed by atoms with Gasteiger partial charge in [-0.05, 0) is 31.1 Å². The van der Waals surface area contributed by atoms with E-state index in [0.717, 1.165) is 31.1 Å². The fourth-order valence-corrected chi connectivity index (χ4v) is 1.43. The Morgan fingerprint density at radius 2 is 1.31 bits per heavy atom. The third-order valence-electron chi connectivity index (χ3n) is 2.40. The minimum absolute atomic E-state index is 0.0545. The standard InChI is InChI=1S/C12H26O/c1-10(2)6-5-7-12(13)9-8-11(3)4/h10-13H,5-9H2,1-4H3. The maximum Gasteiger partial charge on any atom is 0.0540 e. The van der Waals surface area contributed by atoms with Crippen molar-refractivity contribution in [3.05, 3.63) is 0 Å². The van der Waals surface area contributed by atoms with E-state index in [2.05, 4.69) is 27.7 Å². The quantitative estimate of drug-likeness (QED) is 0.644. The molecule has 1 nitrogen and oxygen atoms in total. The van der Waals surface area contributed by atoms with E-state index in [-0.39, 0.29) is 6.10 Å². The van der Waals surface area contributed by atoms with Crippen molar-refractivity contribution < 1.29 is 5.11 Å². The average molecular weight is 186 g/mol. The lowest BCUT2D eigenvalue weighted by atomic mass is 9.99. The highest BCUT2D eigenvalue weighted by molar-refractivity contribution is 4.58. The second-order valence-corrected chi connectivity index (χ2v) is 4.95. The lowest BCUT2D eigenvalue weighted by Crippen LogP contribution is -2.08. The first-order chi connectivity index (χ1) is 6.02. The molecule has 0 radical (unpaired) electrons. The molecule has 13 heavy (non-hydrogen) atoms. The van der Waals surface area contributed by atoms with Crippen LogP contribution in [0.15, 0.2) is 0 Å². The Morgan fingerprint density at radius 3 is 1.77 bits per heavy atom. The Morgan fingerprint density at radius 1 is 0.769 bits per heavy atom. The Balaban J connectivity index is 3.25. The molecule has 0 aromatic rings. The molecule has 0 fully saturated rings. The predicted octanol–water partition coefficient (Wildman–Crippen LogP) is 3.61. The highest BCUT2D eigenvalue weighted by Crippen LogP contribution is 2.13. The topological polar surface area (TPSA) is 20.2 Å². The molecule has 0 saturated heterocycles. The van der Waals surface area contributed by atoms with Gasteiger partial charge in [-0.25, -0.2) is 0 Å². The number of aliphatic hydroxyl groups is 1.